The molecule has 7 nitrogen and oxygen atoms in total. The molecule has 0 radical (unpaired) electrons. The molecule has 0 aliphatic rings. The maximum atomic E-state index is 8.39. The van der Waals surface area contributed by atoms with E-state index in [1.54, 1.807) is 18.2 Å². The lowest BCUT2D eigenvalue weighted by Crippen LogP contribution is -1.96. The number of para-hydroxylation sites is 3. The number of hydrogen-bond acceptors (Lipinski definition) is 2. The molecule has 0 saturated heterocycles. The van der Waals surface area contributed by atoms with Gasteiger partial charge in [-0.3, -0.25) is 0 Å². The Morgan fingerprint density at radius 3 is 1.41 bits per heavy atom. The molecule has 314 valence electrons. The van der Waals surface area contributed by atoms with Crippen LogP contribution in [-0.2, 0) is 0 Å². The van der Waals surface area contributed by atoms with Gasteiger partial charge in [-0.15, -0.1) is 0 Å². The van der Waals surface area contributed by atoms with Crippen molar-refractivity contribution in [3.05, 3.63) is 247 Å². The average molecular weight is 866 g/mol. The van der Waals surface area contributed by atoms with E-state index in [2.05, 4.69) is 175 Å². The zero-order valence-electron chi connectivity index (χ0n) is 36.3. The van der Waals surface area contributed by atoms with E-state index in [9.17, 15) is 0 Å². The van der Waals surface area contributed by atoms with Crippen LogP contribution in [0.25, 0.3) is 126 Å². The second-order valence-electron chi connectivity index (χ2n) is 16.7. The van der Waals surface area contributed by atoms with Crippen LogP contribution >= 0.6 is 0 Å². The van der Waals surface area contributed by atoms with Gasteiger partial charge < -0.3 is 9.13 Å². The van der Waals surface area contributed by atoms with Crippen molar-refractivity contribution in [2.24, 2.45) is 0 Å². The van der Waals surface area contributed by atoms with Crippen molar-refractivity contribution < 1.29 is 0 Å². The Labute approximate surface area is 392 Å². The third-order valence-corrected chi connectivity index (χ3v) is 12.8. The molecule has 0 unspecified atom stereocenters. The molecule has 0 fully saturated rings. The van der Waals surface area contributed by atoms with Gasteiger partial charge in [0.25, 0.3) is 0 Å². The second kappa shape index (κ2) is 16.3. The fraction of sp³-hybridized carbons (Fsp3) is 0. The lowest BCUT2D eigenvalue weighted by molar-refractivity contribution is 1.17. The first-order valence-corrected chi connectivity index (χ1v) is 22.1. The molecule has 0 spiro atoms. The Bertz CT molecular complexity index is 3990. The minimum atomic E-state index is 0.505. The summed E-state index contributed by atoms with van der Waals surface area (Å²) in [7, 11) is 0. The van der Waals surface area contributed by atoms with Gasteiger partial charge in [0.05, 0.1) is 58.9 Å². The number of benzene rings is 9. The number of rotatable bonds is 7. The molecular formula is C61H35N7. The average Bonchev–Trinajstić information content (AvgIpc) is 3.93. The molecule has 0 saturated carbocycles. The summed E-state index contributed by atoms with van der Waals surface area (Å²) in [5, 5.41) is 4.71. The highest BCUT2D eigenvalue weighted by atomic mass is 15.0. The molecule has 12 rings (SSSR count). The zero-order chi connectivity index (χ0) is 45.7. The fourth-order valence-electron chi connectivity index (χ4n) is 9.55. The van der Waals surface area contributed by atoms with Crippen LogP contribution in [0, 0.1) is 19.7 Å². The Hall–Kier alpha value is -9.87. The summed E-state index contributed by atoms with van der Waals surface area (Å²) in [5.74, 6) is 0.505. The SMILES string of the molecule is [C-]#[N+]c1cccc(-c2cc(-c3ccc(-c4ccc(-c5ccc(-n6c7ccccc7c7cc(-n8c9ccccc9c9ccccc98)ccc76)c([N+]#[C-])c5)cc4)cc3)nc(-c3cccc([N+]#[C-])c3)n2)c1. The predicted octanol–water partition coefficient (Wildman–Crippen LogP) is 16.7. The number of nitrogens with zero attached hydrogens (tertiary/aromatic N) is 7. The molecule has 0 aliphatic carbocycles. The highest BCUT2D eigenvalue weighted by molar-refractivity contribution is 6.12. The minimum absolute atomic E-state index is 0.505. The number of aromatic nitrogens is 4. The first kappa shape index (κ1) is 39.7. The van der Waals surface area contributed by atoms with Crippen LogP contribution in [0.5, 0.6) is 0 Å². The summed E-state index contributed by atoms with van der Waals surface area (Å²) in [5.41, 5.74) is 16.0. The number of fused-ring (bicyclic) bond motifs is 6. The van der Waals surface area contributed by atoms with Crippen molar-refractivity contribution in [2.45, 2.75) is 0 Å². The van der Waals surface area contributed by atoms with Gasteiger partial charge in [0.2, 0.25) is 5.69 Å². The van der Waals surface area contributed by atoms with Crippen molar-refractivity contribution in [2.75, 3.05) is 0 Å². The van der Waals surface area contributed by atoms with E-state index in [1.165, 1.54) is 21.8 Å². The van der Waals surface area contributed by atoms with E-state index >= 15 is 0 Å². The molecular weight excluding hydrogens is 831 g/mol. The molecule has 0 atom stereocenters. The summed E-state index contributed by atoms with van der Waals surface area (Å²) >= 11 is 0. The van der Waals surface area contributed by atoms with Crippen molar-refractivity contribution in [3.63, 3.8) is 0 Å². The molecule has 3 aromatic heterocycles. The second-order valence-corrected chi connectivity index (χ2v) is 16.7. The highest BCUT2D eigenvalue weighted by Gasteiger charge is 2.19. The van der Waals surface area contributed by atoms with Crippen LogP contribution in [0.4, 0.5) is 17.1 Å². The van der Waals surface area contributed by atoms with Crippen molar-refractivity contribution in [3.8, 4) is 67.5 Å². The molecule has 12 aromatic rings. The lowest BCUT2D eigenvalue weighted by atomic mass is 9.98. The third kappa shape index (κ3) is 6.74. The largest absolute Gasteiger partial charge is 0.319 e. The van der Waals surface area contributed by atoms with E-state index in [-0.39, 0.29) is 0 Å². The third-order valence-electron chi connectivity index (χ3n) is 12.8. The Kier molecular flexibility index (Phi) is 9.51. The number of hydrogen-bond donors (Lipinski definition) is 0. The Balaban J connectivity index is 0.861. The molecule has 0 amide bonds. The fourth-order valence-corrected chi connectivity index (χ4v) is 9.55. The summed E-state index contributed by atoms with van der Waals surface area (Å²) in [6.45, 7) is 23.5. The molecule has 7 heteroatoms. The van der Waals surface area contributed by atoms with Crippen LogP contribution in [0.2, 0.25) is 0 Å². The molecule has 68 heavy (non-hydrogen) atoms. The Morgan fingerprint density at radius 1 is 0.324 bits per heavy atom. The molecule has 0 aliphatic heterocycles. The van der Waals surface area contributed by atoms with Crippen LogP contribution in [0.3, 0.4) is 0 Å². The van der Waals surface area contributed by atoms with Gasteiger partial charge >= 0.3 is 0 Å². The molecule has 0 N–H and O–H groups in total. The summed E-state index contributed by atoms with van der Waals surface area (Å²) < 4.78 is 4.58. The van der Waals surface area contributed by atoms with E-state index in [0.29, 0.717) is 28.6 Å². The standard InChI is InChI=1S/C61H35N7/c1-62-46-14-10-12-44(34-46)54-38-53(65-61(66-54)45-13-11-15-47(35-45)63-2)42-28-26-40(27-29-42)39-22-24-41(25-23-39)43-30-32-60(55(36-43)64-3)68-58-21-9-6-18-51(58)52-37-48(31-33-59(52)68)67-56-19-7-4-16-49(56)50-17-5-8-20-57(50)67/h4-38H. The van der Waals surface area contributed by atoms with Crippen molar-refractivity contribution in [1.82, 2.24) is 19.1 Å². The van der Waals surface area contributed by atoms with Crippen molar-refractivity contribution >= 4 is 60.7 Å². The first-order chi connectivity index (χ1) is 33.5. The van der Waals surface area contributed by atoms with E-state index < -0.39 is 0 Å². The summed E-state index contributed by atoms with van der Waals surface area (Å²) in [6, 6.07) is 71.9. The van der Waals surface area contributed by atoms with Gasteiger partial charge in [-0.25, -0.2) is 24.5 Å². The quantitative estimate of drug-likeness (QED) is 0.150. The van der Waals surface area contributed by atoms with Crippen LogP contribution in [0.15, 0.2) is 212 Å². The van der Waals surface area contributed by atoms with Gasteiger partial charge in [0.15, 0.2) is 17.2 Å². The van der Waals surface area contributed by atoms with Gasteiger partial charge in [0.1, 0.15) is 0 Å². The Morgan fingerprint density at radius 2 is 0.809 bits per heavy atom. The van der Waals surface area contributed by atoms with Gasteiger partial charge in [0, 0.05) is 38.4 Å². The highest BCUT2D eigenvalue weighted by Crippen LogP contribution is 2.40. The van der Waals surface area contributed by atoms with Gasteiger partial charge in [-0.2, -0.15) is 0 Å². The zero-order valence-corrected chi connectivity index (χ0v) is 36.3. The van der Waals surface area contributed by atoms with Crippen LogP contribution in [0.1, 0.15) is 0 Å². The predicted molar refractivity (Wildman–Crippen MR) is 277 cm³/mol. The van der Waals surface area contributed by atoms with E-state index in [4.69, 9.17) is 29.7 Å². The van der Waals surface area contributed by atoms with Gasteiger partial charge in [-0.05, 0) is 94.5 Å². The van der Waals surface area contributed by atoms with Crippen LogP contribution < -0.4 is 0 Å². The van der Waals surface area contributed by atoms with Gasteiger partial charge in [-0.1, -0.05) is 146 Å². The maximum absolute atomic E-state index is 8.39. The van der Waals surface area contributed by atoms with E-state index in [1.807, 2.05) is 42.5 Å². The van der Waals surface area contributed by atoms with Crippen LogP contribution in [-0.4, -0.2) is 19.1 Å². The topological polar surface area (TPSA) is 48.7 Å². The lowest BCUT2D eigenvalue weighted by Gasteiger charge is -2.13. The minimum Gasteiger partial charge on any atom is -0.319 e. The normalized spacial score (nSPS) is 11.2. The first-order valence-electron chi connectivity index (χ1n) is 22.1. The monoisotopic (exact) mass is 865 g/mol. The molecule has 9 aromatic carbocycles. The molecule has 0 bridgehead atoms. The summed E-state index contributed by atoms with van der Waals surface area (Å²) in [6.07, 6.45) is 0. The molecule has 3 heterocycles. The summed E-state index contributed by atoms with van der Waals surface area (Å²) in [4.78, 5) is 21.2. The maximum Gasteiger partial charge on any atom is 0.211 e. The van der Waals surface area contributed by atoms with E-state index in [0.717, 1.165) is 77.8 Å². The van der Waals surface area contributed by atoms with Crippen molar-refractivity contribution in [1.29, 1.82) is 0 Å². The smallest absolute Gasteiger partial charge is 0.211 e.